The van der Waals surface area contributed by atoms with Crippen LogP contribution in [0.1, 0.15) is 45.1 Å². The molecule has 2 fully saturated rings. The van der Waals surface area contributed by atoms with Gasteiger partial charge in [0.25, 0.3) is 0 Å². The summed E-state index contributed by atoms with van der Waals surface area (Å²) in [6, 6.07) is 12.7. The summed E-state index contributed by atoms with van der Waals surface area (Å²) in [7, 11) is -7.51. The van der Waals surface area contributed by atoms with Crippen LogP contribution in [-0.4, -0.2) is 103 Å². The van der Waals surface area contributed by atoms with Crippen LogP contribution in [0.5, 0.6) is 11.5 Å². The molecule has 0 spiro atoms. The van der Waals surface area contributed by atoms with E-state index >= 15 is 0 Å². The van der Waals surface area contributed by atoms with E-state index in [-0.39, 0.29) is 50.3 Å². The summed E-state index contributed by atoms with van der Waals surface area (Å²) in [5, 5.41) is 14.6. The summed E-state index contributed by atoms with van der Waals surface area (Å²) in [5.41, 5.74) is 0.256. The molecule has 0 bridgehead atoms. The first-order chi connectivity index (χ1) is 23.2. The molecular formula is C33H47N3O11S2. The van der Waals surface area contributed by atoms with E-state index in [1.54, 1.807) is 0 Å². The van der Waals surface area contributed by atoms with Crippen molar-refractivity contribution in [2.75, 3.05) is 45.9 Å². The van der Waals surface area contributed by atoms with Crippen molar-refractivity contribution in [2.45, 2.75) is 75.4 Å². The molecule has 3 N–H and O–H groups in total. The van der Waals surface area contributed by atoms with Crippen molar-refractivity contribution in [2.24, 2.45) is 11.3 Å². The Kier molecular flexibility index (Phi) is 12.1. The van der Waals surface area contributed by atoms with Crippen molar-refractivity contribution in [3.8, 4) is 11.5 Å². The third-order valence-corrected chi connectivity index (χ3v) is 11.5. The third-order valence-electron chi connectivity index (χ3n) is 8.93. The number of aliphatic hydroxyl groups excluding tert-OH is 1. The number of alkyl carbamates (subject to hydrolysis) is 1. The van der Waals surface area contributed by atoms with Gasteiger partial charge in [-0.15, -0.1) is 0 Å². The van der Waals surface area contributed by atoms with Gasteiger partial charge in [-0.3, -0.25) is 0 Å². The number of ether oxygens (including phenoxy) is 5. The van der Waals surface area contributed by atoms with Crippen LogP contribution in [0.3, 0.4) is 0 Å². The molecule has 14 nitrogen and oxygen atoms in total. The first kappa shape index (κ1) is 37.3. The summed E-state index contributed by atoms with van der Waals surface area (Å²) in [4.78, 5) is 13.2. The second-order valence-electron chi connectivity index (χ2n) is 13.6. The minimum absolute atomic E-state index is 0.0210. The molecule has 0 unspecified atom stereocenters. The number of aliphatic hydroxyl groups is 1. The first-order valence-corrected chi connectivity index (χ1v) is 19.8. The Balaban J connectivity index is 1.34. The van der Waals surface area contributed by atoms with Crippen LogP contribution < -0.4 is 19.5 Å². The van der Waals surface area contributed by atoms with Gasteiger partial charge >= 0.3 is 6.09 Å². The third kappa shape index (κ3) is 10.3. The van der Waals surface area contributed by atoms with Gasteiger partial charge in [-0.25, -0.2) is 26.4 Å². The Morgan fingerprint density at radius 1 is 1.06 bits per heavy atom. The number of nitrogens with zero attached hydrogens (tertiary/aromatic N) is 1. The molecule has 3 heterocycles. The maximum Gasteiger partial charge on any atom is 0.407 e. The topological polar surface area (TPSA) is 179 Å². The number of amides is 1. The lowest BCUT2D eigenvalue weighted by molar-refractivity contribution is -0.0907. The molecule has 0 aliphatic carbocycles. The Morgan fingerprint density at radius 3 is 2.57 bits per heavy atom. The van der Waals surface area contributed by atoms with Gasteiger partial charge in [0.2, 0.25) is 26.8 Å². The molecule has 0 aromatic heterocycles. The molecule has 1 amide bonds. The monoisotopic (exact) mass is 725 g/mol. The number of nitrogens with one attached hydrogen (secondary N) is 2. The van der Waals surface area contributed by atoms with Crippen LogP contribution in [-0.2, 0) is 40.7 Å². The highest BCUT2D eigenvalue weighted by Crippen LogP contribution is 2.36. The lowest BCUT2D eigenvalue weighted by Crippen LogP contribution is -2.52. The lowest BCUT2D eigenvalue weighted by Gasteiger charge is -2.35. The molecule has 5 rings (SSSR count). The molecule has 49 heavy (non-hydrogen) atoms. The van der Waals surface area contributed by atoms with Crippen LogP contribution in [0.25, 0.3) is 0 Å². The second-order valence-corrected chi connectivity index (χ2v) is 17.3. The van der Waals surface area contributed by atoms with Crippen LogP contribution in [0.2, 0.25) is 0 Å². The molecule has 0 radical (unpaired) electrons. The zero-order valence-corrected chi connectivity index (χ0v) is 29.7. The Hall–Kier alpha value is -2.99. The highest BCUT2D eigenvalue weighted by atomic mass is 32.2. The quantitative estimate of drug-likeness (QED) is 0.204. The lowest BCUT2D eigenvalue weighted by atomic mass is 9.87. The van der Waals surface area contributed by atoms with Crippen LogP contribution in [0.4, 0.5) is 4.79 Å². The summed E-state index contributed by atoms with van der Waals surface area (Å²) in [6.07, 6.45) is 0.812. The first-order valence-electron chi connectivity index (χ1n) is 16.5. The molecule has 3 aliphatic rings. The van der Waals surface area contributed by atoms with Crippen molar-refractivity contribution < 1.29 is 50.4 Å². The van der Waals surface area contributed by atoms with E-state index < -0.39 is 56.1 Å². The minimum Gasteiger partial charge on any atom is -0.454 e. The van der Waals surface area contributed by atoms with Crippen LogP contribution >= 0.6 is 0 Å². The van der Waals surface area contributed by atoms with Crippen molar-refractivity contribution in [1.82, 2.24) is 14.3 Å². The standard InChI is InChI=1S/C33H47N3O11S2/c1-33(2,14-7-8-15-34-48(3,39)40)21-36(49(41,42)24-11-12-28-29(18-24)46-22-45-28)19-27(37)26(17-23-9-5-4-6-10-23)35-32(38)47-30-20-44-31-25(30)13-16-43-31/h4-6,9-12,18,25-27,30-31,34,37H,7-8,13-17,19-22H2,1-3H3,(H,35,38)/t25-,26-,27+,30-,31+/m0/s1. The number of hydrogen-bond acceptors (Lipinski definition) is 11. The van der Waals surface area contributed by atoms with Crippen LogP contribution in [0.15, 0.2) is 53.4 Å². The summed E-state index contributed by atoms with van der Waals surface area (Å²) in [5.74, 6) is 0.661. The van der Waals surface area contributed by atoms with Gasteiger partial charge in [0, 0.05) is 25.7 Å². The fourth-order valence-corrected chi connectivity index (χ4v) is 8.51. The fraction of sp³-hybridized carbons (Fsp3) is 0.606. The zero-order valence-electron chi connectivity index (χ0n) is 28.1. The molecule has 272 valence electrons. The number of rotatable bonds is 17. The molecule has 3 aliphatic heterocycles. The average Bonchev–Trinajstić information content (AvgIpc) is 3.79. The fourth-order valence-electron chi connectivity index (χ4n) is 6.33. The smallest absolute Gasteiger partial charge is 0.407 e. The molecule has 2 aromatic rings. The highest BCUT2D eigenvalue weighted by molar-refractivity contribution is 7.89. The number of benzene rings is 2. The van der Waals surface area contributed by atoms with Gasteiger partial charge in [0.05, 0.1) is 42.4 Å². The number of fused-ring (bicyclic) bond motifs is 2. The van der Waals surface area contributed by atoms with Crippen molar-refractivity contribution in [3.05, 3.63) is 54.1 Å². The molecule has 5 atom stereocenters. The van der Waals surface area contributed by atoms with E-state index in [1.165, 1.54) is 22.5 Å². The number of carbonyl (C=O) groups excluding carboxylic acids is 1. The normalized spacial score (nSPS) is 21.8. The van der Waals surface area contributed by atoms with E-state index in [0.717, 1.165) is 11.8 Å². The van der Waals surface area contributed by atoms with Gasteiger partial charge in [-0.2, -0.15) is 4.31 Å². The number of sulfonamides is 2. The van der Waals surface area contributed by atoms with E-state index in [0.29, 0.717) is 43.8 Å². The summed E-state index contributed by atoms with van der Waals surface area (Å²) >= 11 is 0. The van der Waals surface area contributed by atoms with Crippen molar-refractivity contribution >= 4 is 26.1 Å². The van der Waals surface area contributed by atoms with Gasteiger partial charge in [0.15, 0.2) is 17.8 Å². The van der Waals surface area contributed by atoms with E-state index in [4.69, 9.17) is 23.7 Å². The molecule has 16 heteroatoms. The molecule has 2 saturated heterocycles. The molecule has 0 saturated carbocycles. The predicted molar refractivity (Wildman–Crippen MR) is 179 cm³/mol. The van der Waals surface area contributed by atoms with Gasteiger partial charge in [-0.05, 0) is 48.8 Å². The maximum absolute atomic E-state index is 14.3. The zero-order chi connectivity index (χ0) is 35.2. The summed E-state index contributed by atoms with van der Waals surface area (Å²) in [6.45, 7) is 4.52. The number of unbranched alkanes of at least 4 members (excludes halogenated alkanes) is 1. The van der Waals surface area contributed by atoms with E-state index in [2.05, 4.69) is 10.0 Å². The average molecular weight is 726 g/mol. The van der Waals surface area contributed by atoms with Crippen LogP contribution in [0, 0.1) is 11.3 Å². The highest BCUT2D eigenvalue weighted by Gasteiger charge is 2.44. The Morgan fingerprint density at radius 2 is 1.82 bits per heavy atom. The van der Waals surface area contributed by atoms with Gasteiger partial charge in [0.1, 0.15) is 6.10 Å². The second kappa shape index (κ2) is 15.9. The Labute approximate surface area is 288 Å². The van der Waals surface area contributed by atoms with E-state index in [1.807, 2.05) is 44.2 Å². The maximum atomic E-state index is 14.3. The van der Waals surface area contributed by atoms with E-state index in [9.17, 15) is 26.7 Å². The van der Waals surface area contributed by atoms with Gasteiger partial charge in [-0.1, -0.05) is 50.6 Å². The Bertz CT molecular complexity index is 1640. The predicted octanol–water partition coefficient (Wildman–Crippen LogP) is 2.61. The molecule has 2 aromatic carbocycles. The number of hydrogen-bond donors (Lipinski definition) is 3. The summed E-state index contributed by atoms with van der Waals surface area (Å²) < 4.78 is 82.8. The van der Waals surface area contributed by atoms with Crippen molar-refractivity contribution in [1.29, 1.82) is 0 Å². The minimum atomic E-state index is -4.20. The number of carbonyl (C=O) groups is 1. The van der Waals surface area contributed by atoms with Crippen molar-refractivity contribution in [3.63, 3.8) is 0 Å². The SMILES string of the molecule is CC(C)(CCCCNS(C)(=O)=O)CN(C[C@@H](O)[C@H](Cc1ccccc1)NC(=O)O[C@H]1CO[C@H]2OCC[C@H]21)S(=O)(=O)c1ccc2c(c1)OCO2. The van der Waals surface area contributed by atoms with Gasteiger partial charge < -0.3 is 34.1 Å². The largest absolute Gasteiger partial charge is 0.454 e. The molecular weight excluding hydrogens is 679 g/mol.